The van der Waals surface area contributed by atoms with Crippen LogP contribution in [0.15, 0.2) is 39.0 Å². The Morgan fingerprint density at radius 2 is 1.81 bits per heavy atom. The average Bonchev–Trinajstić information content (AvgIpc) is 2.91. The van der Waals surface area contributed by atoms with E-state index in [-0.39, 0.29) is 36.1 Å². The number of phenols is 1. The predicted octanol–water partition coefficient (Wildman–Crippen LogP) is 0.997. The summed E-state index contributed by atoms with van der Waals surface area (Å²) in [5.41, 5.74) is 1.77. The molecule has 0 radical (unpaired) electrons. The van der Waals surface area contributed by atoms with Gasteiger partial charge in [0.1, 0.15) is 22.8 Å². The van der Waals surface area contributed by atoms with Crippen LogP contribution in [-0.4, -0.2) is 86.0 Å². The molecular weight excluding hydrogens is 584 g/mol. The minimum Gasteiger partial charge on any atom is -0.509 e. The molecule has 0 unspecified atom stereocenters. The molecule has 0 heterocycles. The molecule has 0 bridgehead atoms. The standard InChI is InChI=1S/C27H34N6O9S/c1-11(2)43(41,42)29-10-13-9-16(32(3)4)14-7-12-8-15-21(33(5)6)20(30-39)19(26(28)38)25(37)27(15,31-40)24(36)17(12)23(35)18(14)22(13)34/h9,11-12,15,21,29,34,36H,7-8,10H2,1-6H3,(H2,28,38)/t12-,15-,21-,27-/m0/s1. The van der Waals surface area contributed by atoms with Crippen LogP contribution in [0.25, 0.3) is 0 Å². The van der Waals surface area contributed by atoms with Gasteiger partial charge in [-0.3, -0.25) is 14.4 Å². The van der Waals surface area contributed by atoms with Gasteiger partial charge in [0.2, 0.25) is 21.3 Å². The summed E-state index contributed by atoms with van der Waals surface area (Å²) in [6, 6.07) is 0.413. The molecule has 5 N–H and O–H groups in total. The van der Waals surface area contributed by atoms with E-state index in [4.69, 9.17) is 5.73 Å². The van der Waals surface area contributed by atoms with Crippen molar-refractivity contribution < 1.29 is 33.0 Å². The van der Waals surface area contributed by atoms with Gasteiger partial charge in [0.25, 0.3) is 5.91 Å². The Labute approximate surface area is 247 Å². The van der Waals surface area contributed by atoms with Crippen molar-refractivity contribution in [1.82, 2.24) is 9.62 Å². The number of rotatable bonds is 9. The first kappa shape index (κ1) is 31.9. The van der Waals surface area contributed by atoms with Gasteiger partial charge in [-0.2, -0.15) is 0 Å². The third-order valence-corrected chi connectivity index (χ3v) is 10.4. The molecule has 0 spiro atoms. The molecule has 1 aromatic carbocycles. The fourth-order valence-electron chi connectivity index (χ4n) is 6.48. The van der Waals surface area contributed by atoms with E-state index in [0.29, 0.717) is 11.3 Å². The molecule has 0 aliphatic heterocycles. The van der Waals surface area contributed by atoms with Crippen LogP contribution in [-0.2, 0) is 32.6 Å². The highest BCUT2D eigenvalue weighted by Crippen LogP contribution is 2.55. The highest BCUT2D eigenvalue weighted by molar-refractivity contribution is 7.90. The number of aromatic hydroxyl groups is 1. The number of benzene rings is 1. The average molecular weight is 619 g/mol. The van der Waals surface area contributed by atoms with Gasteiger partial charge in [-0.1, -0.05) is 0 Å². The van der Waals surface area contributed by atoms with E-state index < -0.39 is 78.9 Å². The van der Waals surface area contributed by atoms with Gasteiger partial charge in [-0.05, 0) is 68.7 Å². The first-order valence-corrected chi connectivity index (χ1v) is 15.0. The third-order valence-electron chi connectivity index (χ3n) is 8.59. The van der Waals surface area contributed by atoms with Crippen LogP contribution in [0.1, 0.15) is 41.8 Å². The second-order valence-electron chi connectivity index (χ2n) is 11.7. The number of carbonyl (C=O) groups is 3. The maximum Gasteiger partial charge on any atom is 0.254 e. The molecule has 1 amide bonds. The Bertz CT molecular complexity index is 1630. The number of phenolic OH excluding ortho intramolecular Hbond substituents is 1. The number of carbonyl (C=O) groups excluding carboxylic acids is 3. The number of allylic oxidation sites excluding steroid dienone is 1. The first-order valence-electron chi connectivity index (χ1n) is 13.4. The Morgan fingerprint density at radius 3 is 2.30 bits per heavy atom. The maximum absolute atomic E-state index is 14.1. The summed E-state index contributed by atoms with van der Waals surface area (Å²) in [4.78, 5) is 67.9. The van der Waals surface area contributed by atoms with Crippen molar-refractivity contribution in [2.24, 2.45) is 27.9 Å². The maximum atomic E-state index is 14.1. The van der Waals surface area contributed by atoms with Crippen molar-refractivity contribution in [3.63, 3.8) is 0 Å². The molecule has 3 aliphatic rings. The fraction of sp³-hybridized carbons (Fsp3) is 0.519. The number of nitroso groups, excluding NO2 is 2. The second kappa shape index (κ2) is 10.9. The normalized spacial score (nSPS) is 25.4. The van der Waals surface area contributed by atoms with Crippen molar-refractivity contribution in [2.45, 2.75) is 50.1 Å². The molecule has 1 aromatic rings. The van der Waals surface area contributed by atoms with Crippen LogP contribution in [0.5, 0.6) is 5.75 Å². The lowest BCUT2D eigenvalue weighted by Gasteiger charge is -2.49. The number of anilines is 1. The first-order chi connectivity index (χ1) is 20.0. The summed E-state index contributed by atoms with van der Waals surface area (Å²) < 4.78 is 27.2. The van der Waals surface area contributed by atoms with Crippen LogP contribution >= 0.6 is 0 Å². The summed E-state index contributed by atoms with van der Waals surface area (Å²) in [6.45, 7) is 2.61. The zero-order valence-electron chi connectivity index (χ0n) is 24.5. The summed E-state index contributed by atoms with van der Waals surface area (Å²) in [5, 5.41) is 28.1. The zero-order valence-corrected chi connectivity index (χ0v) is 25.4. The molecule has 15 nitrogen and oxygen atoms in total. The molecule has 0 fully saturated rings. The number of amides is 1. The van der Waals surface area contributed by atoms with Crippen molar-refractivity contribution >= 4 is 33.2 Å². The Morgan fingerprint density at radius 1 is 1.19 bits per heavy atom. The number of hydrogen-bond donors (Lipinski definition) is 4. The summed E-state index contributed by atoms with van der Waals surface area (Å²) in [5.74, 6) is -7.10. The molecule has 4 rings (SSSR count). The number of primary amides is 1. The minimum atomic E-state index is -3.74. The third kappa shape index (κ3) is 4.64. The van der Waals surface area contributed by atoms with E-state index in [1.165, 1.54) is 32.8 Å². The van der Waals surface area contributed by atoms with Gasteiger partial charge in [0.15, 0.2) is 5.78 Å². The van der Waals surface area contributed by atoms with Crippen molar-refractivity contribution in [3.8, 4) is 5.75 Å². The Hall–Kier alpha value is -4.02. The summed E-state index contributed by atoms with van der Waals surface area (Å²) in [7, 11) is 2.70. The number of ketones is 2. The lowest BCUT2D eigenvalue weighted by Crippen LogP contribution is -2.62. The number of sulfonamides is 1. The molecular formula is C27H34N6O9S. The molecule has 16 heteroatoms. The Kier molecular flexibility index (Phi) is 8.10. The largest absolute Gasteiger partial charge is 0.509 e. The number of Topliss-reactive ketones (excluding diaryl/α,β-unsaturated/α-hetero) is 2. The molecule has 43 heavy (non-hydrogen) atoms. The monoisotopic (exact) mass is 618 g/mol. The number of hydrogen-bond acceptors (Lipinski definition) is 13. The molecule has 0 saturated heterocycles. The van der Waals surface area contributed by atoms with Gasteiger partial charge in [-0.25, -0.2) is 13.1 Å². The number of aliphatic hydroxyl groups excluding tert-OH is 1. The van der Waals surface area contributed by atoms with Gasteiger partial charge in [0.05, 0.1) is 16.9 Å². The van der Waals surface area contributed by atoms with E-state index in [1.54, 1.807) is 25.1 Å². The van der Waals surface area contributed by atoms with E-state index in [0.717, 1.165) is 0 Å². The number of aliphatic hydroxyl groups is 1. The highest BCUT2D eigenvalue weighted by atomic mass is 32.2. The summed E-state index contributed by atoms with van der Waals surface area (Å²) in [6.07, 6.45) is -0.0326. The van der Waals surface area contributed by atoms with E-state index in [1.807, 2.05) is 0 Å². The quantitative estimate of drug-likeness (QED) is 0.225. The van der Waals surface area contributed by atoms with Crippen LogP contribution < -0.4 is 15.4 Å². The predicted molar refractivity (Wildman–Crippen MR) is 156 cm³/mol. The van der Waals surface area contributed by atoms with Gasteiger partial charge in [-0.15, -0.1) is 9.81 Å². The topological polar surface area (TPSA) is 229 Å². The van der Waals surface area contributed by atoms with E-state index in [9.17, 15) is 42.8 Å². The van der Waals surface area contributed by atoms with Crippen LogP contribution in [0, 0.1) is 21.6 Å². The molecule has 0 saturated carbocycles. The van der Waals surface area contributed by atoms with Crippen LogP contribution in [0.3, 0.4) is 0 Å². The number of fused-ring (bicyclic) bond motifs is 3. The number of likely N-dealkylation sites (N-methyl/N-ethyl adjacent to an activating group) is 1. The molecule has 232 valence electrons. The Balaban J connectivity index is 1.98. The zero-order chi connectivity index (χ0) is 32.3. The van der Waals surface area contributed by atoms with Gasteiger partial charge in [0, 0.05) is 43.4 Å². The van der Waals surface area contributed by atoms with Gasteiger partial charge >= 0.3 is 0 Å². The highest BCUT2D eigenvalue weighted by Gasteiger charge is 2.65. The smallest absolute Gasteiger partial charge is 0.254 e. The van der Waals surface area contributed by atoms with Crippen molar-refractivity contribution in [2.75, 3.05) is 33.1 Å². The fourth-order valence-corrected chi connectivity index (χ4v) is 7.17. The minimum absolute atomic E-state index is 0.0650. The number of nitrogens with two attached hydrogens (primary N) is 1. The molecule has 4 atom stereocenters. The SMILES string of the molecule is CC(C)S(=O)(=O)NCc1cc(N(C)C)c2c(c1O)C(=O)C1=C(O)[C@]3(N=O)C(=O)C(C(N)=O)=C(N=O)[C@@H](N(C)C)[C@@H]3C[C@@H]1C2. The lowest BCUT2D eigenvalue weighted by molar-refractivity contribution is -0.128. The molecule has 0 aromatic heterocycles. The molecule has 3 aliphatic carbocycles. The van der Waals surface area contributed by atoms with Crippen molar-refractivity contribution in [3.05, 3.63) is 55.2 Å². The van der Waals surface area contributed by atoms with Gasteiger partial charge < -0.3 is 25.7 Å². The summed E-state index contributed by atoms with van der Waals surface area (Å²) >= 11 is 0. The van der Waals surface area contributed by atoms with Crippen LogP contribution in [0.4, 0.5) is 5.69 Å². The second-order valence-corrected chi connectivity index (χ2v) is 14.0. The number of nitrogens with zero attached hydrogens (tertiary/aromatic N) is 4. The lowest BCUT2D eigenvalue weighted by atomic mass is 9.57. The van der Waals surface area contributed by atoms with Crippen LogP contribution in [0.2, 0.25) is 0 Å². The van der Waals surface area contributed by atoms with E-state index >= 15 is 0 Å². The van der Waals surface area contributed by atoms with E-state index in [2.05, 4.69) is 15.1 Å². The van der Waals surface area contributed by atoms with Crippen molar-refractivity contribution in [1.29, 1.82) is 0 Å². The number of nitrogens with one attached hydrogen (secondary N) is 1.